The van der Waals surface area contributed by atoms with Crippen LogP contribution in [0.2, 0.25) is 5.02 Å². The first-order chi connectivity index (χ1) is 8.49. The van der Waals surface area contributed by atoms with E-state index in [1.54, 1.807) is 6.07 Å². The Labute approximate surface area is 111 Å². The average molecular weight is 269 g/mol. The lowest BCUT2D eigenvalue weighted by Crippen LogP contribution is -2.15. The third-order valence-electron chi connectivity index (χ3n) is 3.37. The second kappa shape index (κ2) is 5.06. The van der Waals surface area contributed by atoms with Crippen LogP contribution in [-0.4, -0.2) is 17.6 Å². The average Bonchev–Trinajstić information content (AvgIpc) is 3.10. The largest absolute Gasteiger partial charge is 0.478 e. The number of carboxylic acid groups (broad SMARTS) is 1. The molecular formula is C13H17ClN2O2. The Kier molecular flexibility index (Phi) is 3.66. The Balaban J connectivity index is 2.16. The zero-order valence-electron chi connectivity index (χ0n) is 10.2. The van der Waals surface area contributed by atoms with Crippen LogP contribution < -0.4 is 11.1 Å². The third kappa shape index (κ3) is 2.88. The Bertz CT molecular complexity index is 472. The number of carboxylic acids is 1. The molecule has 1 saturated carbocycles. The first kappa shape index (κ1) is 13.0. The second-order valence-corrected chi connectivity index (χ2v) is 5.33. The van der Waals surface area contributed by atoms with Crippen LogP contribution in [0, 0.1) is 11.8 Å². The van der Waals surface area contributed by atoms with Crippen LogP contribution in [0.25, 0.3) is 0 Å². The van der Waals surface area contributed by atoms with Crippen molar-refractivity contribution < 1.29 is 9.90 Å². The van der Waals surface area contributed by atoms with Crippen LogP contribution in [0.1, 0.15) is 30.1 Å². The minimum absolute atomic E-state index is 0.128. The number of anilines is 2. The van der Waals surface area contributed by atoms with Crippen molar-refractivity contribution in [2.24, 2.45) is 11.8 Å². The van der Waals surface area contributed by atoms with Crippen LogP contribution in [0.4, 0.5) is 11.4 Å². The number of nitrogen functional groups attached to an aromatic ring is 1. The Morgan fingerprint density at radius 3 is 2.83 bits per heavy atom. The highest BCUT2D eigenvalue weighted by Gasteiger charge is 2.28. The van der Waals surface area contributed by atoms with E-state index in [1.165, 1.54) is 18.9 Å². The van der Waals surface area contributed by atoms with Gasteiger partial charge in [0.05, 0.1) is 16.3 Å². The summed E-state index contributed by atoms with van der Waals surface area (Å²) in [7, 11) is 0. The number of hydrogen-bond acceptors (Lipinski definition) is 3. The Morgan fingerprint density at radius 2 is 2.28 bits per heavy atom. The molecule has 1 aliphatic rings. The fourth-order valence-corrected chi connectivity index (χ4v) is 2.37. The van der Waals surface area contributed by atoms with E-state index in [9.17, 15) is 4.79 Å². The number of benzene rings is 1. The van der Waals surface area contributed by atoms with Crippen molar-refractivity contribution >= 4 is 28.9 Å². The van der Waals surface area contributed by atoms with Crippen molar-refractivity contribution in [2.75, 3.05) is 17.6 Å². The smallest absolute Gasteiger partial charge is 0.337 e. The minimum Gasteiger partial charge on any atom is -0.478 e. The highest BCUT2D eigenvalue weighted by Crippen LogP contribution is 2.37. The summed E-state index contributed by atoms with van der Waals surface area (Å²) in [6.45, 7) is 2.89. The first-order valence-corrected chi connectivity index (χ1v) is 6.43. The highest BCUT2D eigenvalue weighted by atomic mass is 35.5. The molecule has 18 heavy (non-hydrogen) atoms. The molecule has 4 nitrogen and oxygen atoms in total. The molecule has 0 spiro atoms. The standard InChI is InChI=1S/C13H17ClN2O2/c1-7(8-2-3-8)6-16-12-10(13(17)18)4-9(15)5-11(12)14/h4-5,7-8,16H,2-3,6,15H2,1H3,(H,17,18). The molecule has 4 N–H and O–H groups in total. The first-order valence-electron chi connectivity index (χ1n) is 6.05. The van der Waals surface area contributed by atoms with E-state index in [1.807, 2.05) is 0 Å². The summed E-state index contributed by atoms with van der Waals surface area (Å²) in [5.41, 5.74) is 6.56. The Morgan fingerprint density at radius 1 is 1.61 bits per heavy atom. The van der Waals surface area contributed by atoms with E-state index >= 15 is 0 Å². The van der Waals surface area contributed by atoms with E-state index in [2.05, 4.69) is 12.2 Å². The summed E-state index contributed by atoms with van der Waals surface area (Å²) >= 11 is 6.05. The molecule has 5 heteroatoms. The SMILES string of the molecule is CC(CNc1c(Cl)cc(N)cc1C(=O)O)C1CC1. The maximum Gasteiger partial charge on any atom is 0.337 e. The quantitative estimate of drug-likeness (QED) is 0.718. The van der Waals surface area contributed by atoms with Gasteiger partial charge in [-0.3, -0.25) is 0 Å². The third-order valence-corrected chi connectivity index (χ3v) is 3.67. The van der Waals surface area contributed by atoms with Gasteiger partial charge >= 0.3 is 5.97 Å². The molecule has 1 aliphatic carbocycles. The van der Waals surface area contributed by atoms with Gasteiger partial charge in [0.15, 0.2) is 0 Å². The maximum atomic E-state index is 11.2. The summed E-state index contributed by atoms with van der Waals surface area (Å²) in [4.78, 5) is 11.2. The van der Waals surface area contributed by atoms with Crippen molar-refractivity contribution in [2.45, 2.75) is 19.8 Å². The minimum atomic E-state index is -1.02. The number of halogens is 1. The molecule has 1 unspecified atom stereocenters. The molecule has 1 aromatic rings. The molecule has 0 radical (unpaired) electrons. The molecule has 1 aromatic carbocycles. The van der Waals surface area contributed by atoms with Gasteiger partial charge in [0, 0.05) is 12.2 Å². The molecule has 2 rings (SSSR count). The van der Waals surface area contributed by atoms with E-state index in [0.29, 0.717) is 22.3 Å². The maximum absolute atomic E-state index is 11.2. The fourth-order valence-electron chi connectivity index (χ4n) is 2.07. The van der Waals surface area contributed by atoms with Gasteiger partial charge < -0.3 is 16.2 Å². The topological polar surface area (TPSA) is 75.3 Å². The fraction of sp³-hybridized carbons (Fsp3) is 0.462. The van der Waals surface area contributed by atoms with E-state index in [0.717, 1.165) is 12.5 Å². The molecule has 98 valence electrons. The number of rotatable bonds is 5. The van der Waals surface area contributed by atoms with Gasteiger partial charge in [-0.2, -0.15) is 0 Å². The molecule has 1 atom stereocenters. The van der Waals surface area contributed by atoms with E-state index < -0.39 is 5.97 Å². The van der Waals surface area contributed by atoms with Gasteiger partial charge in [-0.25, -0.2) is 4.79 Å². The van der Waals surface area contributed by atoms with Crippen molar-refractivity contribution in [3.8, 4) is 0 Å². The molecule has 0 aliphatic heterocycles. The van der Waals surface area contributed by atoms with Crippen LogP contribution in [0.5, 0.6) is 0 Å². The number of aromatic carboxylic acids is 1. The summed E-state index contributed by atoms with van der Waals surface area (Å²) in [5, 5.41) is 12.6. The van der Waals surface area contributed by atoms with Gasteiger partial charge in [0.25, 0.3) is 0 Å². The number of carbonyl (C=O) groups is 1. The van der Waals surface area contributed by atoms with Gasteiger partial charge in [-0.15, -0.1) is 0 Å². The van der Waals surface area contributed by atoms with Crippen LogP contribution in [0.15, 0.2) is 12.1 Å². The highest BCUT2D eigenvalue weighted by molar-refractivity contribution is 6.34. The molecule has 0 saturated heterocycles. The van der Waals surface area contributed by atoms with Crippen LogP contribution >= 0.6 is 11.6 Å². The number of nitrogens with two attached hydrogens (primary N) is 1. The molecule has 0 aromatic heterocycles. The van der Waals surface area contributed by atoms with Crippen molar-refractivity contribution in [3.05, 3.63) is 22.7 Å². The van der Waals surface area contributed by atoms with Crippen molar-refractivity contribution in [1.82, 2.24) is 0 Å². The van der Waals surface area contributed by atoms with Gasteiger partial charge in [-0.05, 0) is 36.8 Å². The normalized spacial score (nSPS) is 16.3. The van der Waals surface area contributed by atoms with E-state index in [-0.39, 0.29) is 5.56 Å². The van der Waals surface area contributed by atoms with E-state index in [4.69, 9.17) is 22.4 Å². The molecule has 0 amide bonds. The lowest BCUT2D eigenvalue weighted by Gasteiger charge is -2.16. The lowest BCUT2D eigenvalue weighted by atomic mass is 10.1. The van der Waals surface area contributed by atoms with Crippen molar-refractivity contribution in [3.63, 3.8) is 0 Å². The zero-order valence-corrected chi connectivity index (χ0v) is 11.0. The predicted octanol–water partition coefficient (Wildman–Crippen LogP) is 3.08. The monoisotopic (exact) mass is 268 g/mol. The Hall–Kier alpha value is -1.42. The molecule has 0 bridgehead atoms. The molecule has 1 fully saturated rings. The zero-order chi connectivity index (χ0) is 13.3. The van der Waals surface area contributed by atoms with Gasteiger partial charge in [-0.1, -0.05) is 18.5 Å². The number of hydrogen-bond donors (Lipinski definition) is 3. The summed E-state index contributed by atoms with van der Waals surface area (Å²) in [5.74, 6) is 0.268. The summed E-state index contributed by atoms with van der Waals surface area (Å²) in [6, 6.07) is 3.00. The molecule has 0 heterocycles. The summed E-state index contributed by atoms with van der Waals surface area (Å²) < 4.78 is 0. The van der Waals surface area contributed by atoms with Crippen LogP contribution in [-0.2, 0) is 0 Å². The van der Waals surface area contributed by atoms with Crippen molar-refractivity contribution in [1.29, 1.82) is 0 Å². The summed E-state index contributed by atoms with van der Waals surface area (Å²) in [6.07, 6.45) is 2.54. The molecular weight excluding hydrogens is 252 g/mol. The van der Waals surface area contributed by atoms with Crippen LogP contribution in [0.3, 0.4) is 0 Å². The second-order valence-electron chi connectivity index (χ2n) is 4.93. The van der Waals surface area contributed by atoms with Gasteiger partial charge in [0.2, 0.25) is 0 Å². The predicted molar refractivity (Wildman–Crippen MR) is 73.2 cm³/mol. The lowest BCUT2D eigenvalue weighted by molar-refractivity contribution is 0.0698. The van der Waals surface area contributed by atoms with Gasteiger partial charge in [0.1, 0.15) is 0 Å². The number of nitrogens with one attached hydrogen (secondary N) is 1.